The topological polar surface area (TPSA) is 95.5 Å². The summed E-state index contributed by atoms with van der Waals surface area (Å²) in [6.07, 6.45) is 2.68. The number of nitrogens with zero attached hydrogens (tertiary/aromatic N) is 2. The molecule has 114 valence electrons. The summed E-state index contributed by atoms with van der Waals surface area (Å²) in [6, 6.07) is 5.96. The Kier molecular flexibility index (Phi) is 4.67. The minimum atomic E-state index is -0.550. The molecule has 0 amide bonds. The minimum Gasteiger partial charge on any atom is -0.457 e. The molecule has 1 aromatic heterocycles. The molecule has 22 heavy (non-hydrogen) atoms. The Labute approximate surface area is 126 Å². The zero-order valence-electron chi connectivity index (χ0n) is 12.1. The van der Waals surface area contributed by atoms with E-state index in [1.165, 1.54) is 24.3 Å². The van der Waals surface area contributed by atoms with Gasteiger partial charge in [-0.05, 0) is 25.5 Å². The lowest BCUT2D eigenvalue weighted by atomic mass is 10.2. The SMILES string of the molecule is Cc1noc(C)c1COC(=O)C=Cc1cccc([N+](=O)[O-])c1. The number of rotatable bonds is 5. The van der Waals surface area contributed by atoms with E-state index in [4.69, 9.17) is 9.26 Å². The first kappa shape index (κ1) is 15.4. The van der Waals surface area contributed by atoms with Gasteiger partial charge in [0.05, 0.1) is 16.2 Å². The van der Waals surface area contributed by atoms with Gasteiger partial charge < -0.3 is 9.26 Å². The summed E-state index contributed by atoms with van der Waals surface area (Å²) in [4.78, 5) is 21.8. The lowest BCUT2D eigenvalue weighted by Crippen LogP contribution is -2.02. The minimum absolute atomic E-state index is 0.0359. The molecule has 0 N–H and O–H groups in total. The van der Waals surface area contributed by atoms with Gasteiger partial charge in [-0.2, -0.15) is 0 Å². The number of hydrogen-bond acceptors (Lipinski definition) is 6. The molecule has 2 aromatic rings. The number of non-ortho nitro benzene ring substituents is 1. The fourth-order valence-electron chi connectivity index (χ4n) is 1.81. The first-order valence-electron chi connectivity index (χ1n) is 6.48. The molecule has 0 saturated carbocycles. The molecular formula is C15H14N2O5. The van der Waals surface area contributed by atoms with Crippen LogP contribution >= 0.6 is 0 Å². The van der Waals surface area contributed by atoms with E-state index in [1.54, 1.807) is 26.0 Å². The fourth-order valence-corrected chi connectivity index (χ4v) is 1.81. The molecule has 0 aliphatic rings. The molecule has 1 aromatic carbocycles. The van der Waals surface area contributed by atoms with Crippen molar-refractivity contribution in [2.24, 2.45) is 0 Å². The third-order valence-electron chi connectivity index (χ3n) is 3.03. The van der Waals surface area contributed by atoms with Gasteiger partial charge in [0.15, 0.2) is 0 Å². The van der Waals surface area contributed by atoms with Gasteiger partial charge in [0.25, 0.3) is 5.69 Å². The summed E-state index contributed by atoms with van der Waals surface area (Å²) in [7, 11) is 0. The molecule has 0 atom stereocenters. The summed E-state index contributed by atoms with van der Waals surface area (Å²) < 4.78 is 10.1. The summed E-state index contributed by atoms with van der Waals surface area (Å²) in [6.45, 7) is 3.57. The van der Waals surface area contributed by atoms with Crippen LogP contribution in [-0.4, -0.2) is 16.0 Å². The number of hydrogen-bond donors (Lipinski definition) is 0. The summed E-state index contributed by atoms with van der Waals surface area (Å²) in [5.74, 6) is 0.0551. The maximum atomic E-state index is 11.7. The van der Waals surface area contributed by atoms with Crippen LogP contribution in [0.1, 0.15) is 22.6 Å². The molecule has 0 bridgehead atoms. The standard InChI is InChI=1S/C15H14N2O5/c1-10-14(11(2)22-16-10)9-21-15(18)7-6-12-4-3-5-13(8-12)17(19)20/h3-8H,9H2,1-2H3. The normalized spacial score (nSPS) is 10.8. The largest absolute Gasteiger partial charge is 0.457 e. The molecule has 7 nitrogen and oxygen atoms in total. The first-order chi connectivity index (χ1) is 10.5. The lowest BCUT2D eigenvalue weighted by molar-refractivity contribution is -0.384. The van der Waals surface area contributed by atoms with E-state index in [9.17, 15) is 14.9 Å². The van der Waals surface area contributed by atoms with Crippen LogP contribution < -0.4 is 0 Å². The summed E-state index contributed by atoms with van der Waals surface area (Å²) in [5, 5.41) is 14.4. The van der Waals surface area contributed by atoms with Gasteiger partial charge >= 0.3 is 5.97 Å². The van der Waals surface area contributed by atoms with Crippen molar-refractivity contribution in [3.63, 3.8) is 0 Å². The van der Waals surface area contributed by atoms with Crippen LogP contribution in [0.4, 0.5) is 5.69 Å². The van der Waals surface area contributed by atoms with Crippen LogP contribution in [0.15, 0.2) is 34.9 Å². The van der Waals surface area contributed by atoms with Crippen molar-refractivity contribution in [3.8, 4) is 0 Å². The Hall–Kier alpha value is -2.96. The number of nitro benzene ring substituents is 1. The van der Waals surface area contributed by atoms with E-state index in [1.807, 2.05) is 0 Å². The van der Waals surface area contributed by atoms with Crippen molar-refractivity contribution in [1.82, 2.24) is 5.16 Å². The van der Waals surface area contributed by atoms with Crippen molar-refractivity contribution >= 4 is 17.7 Å². The smallest absolute Gasteiger partial charge is 0.331 e. The van der Waals surface area contributed by atoms with Gasteiger partial charge in [0.2, 0.25) is 0 Å². The van der Waals surface area contributed by atoms with E-state index in [0.717, 1.165) is 5.56 Å². The Morgan fingerprint density at radius 3 is 2.86 bits per heavy atom. The van der Waals surface area contributed by atoms with E-state index in [0.29, 0.717) is 17.0 Å². The Morgan fingerprint density at radius 2 is 2.23 bits per heavy atom. The van der Waals surface area contributed by atoms with E-state index >= 15 is 0 Å². The molecular weight excluding hydrogens is 288 g/mol. The molecule has 0 radical (unpaired) electrons. The quantitative estimate of drug-likeness (QED) is 0.364. The molecule has 0 fully saturated rings. The van der Waals surface area contributed by atoms with Crippen LogP contribution in [0.25, 0.3) is 6.08 Å². The summed E-state index contributed by atoms with van der Waals surface area (Å²) in [5.41, 5.74) is 1.92. The highest BCUT2D eigenvalue weighted by Gasteiger charge is 2.10. The predicted molar refractivity (Wildman–Crippen MR) is 77.9 cm³/mol. The molecule has 0 saturated heterocycles. The third kappa shape index (κ3) is 3.78. The lowest BCUT2D eigenvalue weighted by Gasteiger charge is -2.01. The molecule has 0 aliphatic heterocycles. The van der Waals surface area contributed by atoms with Crippen molar-refractivity contribution in [3.05, 3.63) is 63.0 Å². The Balaban J connectivity index is 1.97. The van der Waals surface area contributed by atoms with Gasteiger partial charge in [-0.3, -0.25) is 10.1 Å². The van der Waals surface area contributed by atoms with Gasteiger partial charge in [-0.1, -0.05) is 17.3 Å². The van der Waals surface area contributed by atoms with Crippen LogP contribution in [-0.2, 0) is 16.1 Å². The van der Waals surface area contributed by atoms with Crippen molar-refractivity contribution in [2.45, 2.75) is 20.5 Å². The highest BCUT2D eigenvalue weighted by atomic mass is 16.6. The van der Waals surface area contributed by atoms with Gasteiger partial charge in [-0.25, -0.2) is 4.79 Å². The van der Waals surface area contributed by atoms with E-state index < -0.39 is 10.9 Å². The van der Waals surface area contributed by atoms with Crippen LogP contribution in [0, 0.1) is 24.0 Å². The van der Waals surface area contributed by atoms with Crippen LogP contribution in [0.3, 0.4) is 0 Å². The van der Waals surface area contributed by atoms with Gasteiger partial charge in [0.1, 0.15) is 12.4 Å². The first-order valence-corrected chi connectivity index (χ1v) is 6.48. The number of nitro groups is 1. The van der Waals surface area contributed by atoms with Crippen molar-refractivity contribution < 1.29 is 19.0 Å². The highest BCUT2D eigenvalue weighted by molar-refractivity contribution is 5.87. The number of esters is 1. The molecule has 7 heteroatoms. The predicted octanol–water partition coefficient (Wildman–Crippen LogP) is 2.96. The zero-order valence-corrected chi connectivity index (χ0v) is 12.1. The maximum absolute atomic E-state index is 11.7. The second kappa shape index (κ2) is 6.66. The molecule has 0 unspecified atom stereocenters. The number of aromatic nitrogens is 1. The van der Waals surface area contributed by atoms with Crippen LogP contribution in [0.5, 0.6) is 0 Å². The zero-order chi connectivity index (χ0) is 16.1. The van der Waals surface area contributed by atoms with Gasteiger partial charge in [0, 0.05) is 18.2 Å². The molecule has 0 aliphatic carbocycles. The monoisotopic (exact) mass is 302 g/mol. The Bertz CT molecular complexity index is 714. The van der Waals surface area contributed by atoms with Crippen molar-refractivity contribution in [1.29, 1.82) is 0 Å². The molecule has 1 heterocycles. The molecule has 2 rings (SSSR count). The maximum Gasteiger partial charge on any atom is 0.331 e. The highest BCUT2D eigenvalue weighted by Crippen LogP contribution is 2.15. The van der Waals surface area contributed by atoms with E-state index in [2.05, 4.69) is 5.16 Å². The third-order valence-corrected chi connectivity index (χ3v) is 3.03. The summed E-state index contributed by atoms with van der Waals surface area (Å²) >= 11 is 0. The average molecular weight is 302 g/mol. The fraction of sp³-hybridized carbons (Fsp3) is 0.200. The number of carbonyl (C=O) groups is 1. The van der Waals surface area contributed by atoms with Crippen molar-refractivity contribution in [2.75, 3.05) is 0 Å². The second-order valence-electron chi connectivity index (χ2n) is 4.60. The number of ether oxygens (including phenoxy) is 1. The van der Waals surface area contributed by atoms with Gasteiger partial charge in [-0.15, -0.1) is 0 Å². The second-order valence-corrected chi connectivity index (χ2v) is 4.60. The number of carbonyl (C=O) groups excluding carboxylic acids is 1. The number of aryl methyl sites for hydroxylation is 2. The Morgan fingerprint density at radius 1 is 1.45 bits per heavy atom. The average Bonchev–Trinajstić information content (AvgIpc) is 2.82. The molecule has 0 spiro atoms. The van der Waals surface area contributed by atoms with E-state index in [-0.39, 0.29) is 12.3 Å². The number of benzene rings is 1. The van der Waals surface area contributed by atoms with Crippen LogP contribution in [0.2, 0.25) is 0 Å².